The molecule has 160 valence electrons. The first kappa shape index (κ1) is 22.0. The van der Waals surface area contributed by atoms with E-state index >= 15 is 0 Å². The number of piperazine rings is 1. The van der Waals surface area contributed by atoms with E-state index in [1.165, 1.54) is 4.90 Å². The van der Waals surface area contributed by atoms with Gasteiger partial charge in [-0.2, -0.15) is 4.31 Å². The first-order chi connectivity index (χ1) is 14.1. The number of sulfonamides is 1. The molecule has 1 aliphatic heterocycles. The van der Waals surface area contributed by atoms with Crippen LogP contribution in [0.4, 0.5) is 5.69 Å². The molecule has 0 unspecified atom stereocenters. The molecule has 2 aromatic rings. The number of hydrogen-bond donors (Lipinski definition) is 1. The van der Waals surface area contributed by atoms with Gasteiger partial charge in [0, 0.05) is 18.8 Å². The number of rotatable bonds is 6. The zero-order chi connectivity index (χ0) is 21.9. The molecule has 7 nitrogen and oxygen atoms in total. The number of nitrogens with zero attached hydrogens (tertiary/aromatic N) is 2. The number of carbonyl (C=O) groups excluding carboxylic acids is 2. The Balaban J connectivity index is 1.95. The molecule has 0 saturated carbocycles. The third-order valence-electron chi connectivity index (χ3n) is 5.40. The Morgan fingerprint density at radius 2 is 1.70 bits per heavy atom. The summed E-state index contributed by atoms with van der Waals surface area (Å²) in [6, 6.07) is 16.8. The molecule has 2 aromatic carbocycles. The maximum absolute atomic E-state index is 13.3. The summed E-state index contributed by atoms with van der Waals surface area (Å²) < 4.78 is 25.4. The van der Waals surface area contributed by atoms with Gasteiger partial charge in [-0.1, -0.05) is 49.4 Å². The minimum Gasteiger partial charge on any atom is -0.350 e. The number of nitrogens with one attached hydrogen (secondary N) is 1. The predicted octanol–water partition coefficient (Wildman–Crippen LogP) is 1.93. The maximum Gasteiger partial charge on any atom is 0.247 e. The SMILES string of the molecule is CCc1ccc(N2C(=O)CN(S(C)(=O)=O)C[C@]2(C)C(=O)NCc2ccccc2)cc1. The average Bonchev–Trinajstić information content (AvgIpc) is 2.72. The molecular formula is C22H27N3O4S. The first-order valence-corrected chi connectivity index (χ1v) is 11.7. The molecule has 1 N–H and O–H groups in total. The lowest BCUT2D eigenvalue weighted by molar-refractivity contribution is -0.133. The molecule has 0 aromatic heterocycles. The smallest absolute Gasteiger partial charge is 0.247 e. The van der Waals surface area contributed by atoms with Crippen LogP contribution in [-0.2, 0) is 32.6 Å². The lowest BCUT2D eigenvalue weighted by Crippen LogP contribution is -2.70. The Kier molecular flexibility index (Phi) is 6.28. The van der Waals surface area contributed by atoms with Crippen LogP contribution in [0.5, 0.6) is 0 Å². The van der Waals surface area contributed by atoms with Gasteiger partial charge in [-0.25, -0.2) is 8.42 Å². The van der Waals surface area contributed by atoms with Gasteiger partial charge in [0.25, 0.3) is 0 Å². The molecule has 8 heteroatoms. The predicted molar refractivity (Wildman–Crippen MR) is 116 cm³/mol. The van der Waals surface area contributed by atoms with Crippen molar-refractivity contribution in [2.24, 2.45) is 0 Å². The molecule has 0 radical (unpaired) electrons. The lowest BCUT2D eigenvalue weighted by Gasteiger charge is -2.46. The van der Waals surface area contributed by atoms with E-state index in [0.717, 1.165) is 28.1 Å². The topological polar surface area (TPSA) is 86.8 Å². The highest BCUT2D eigenvalue weighted by atomic mass is 32.2. The second-order valence-electron chi connectivity index (χ2n) is 7.72. The third kappa shape index (κ3) is 4.55. The molecule has 3 rings (SSSR count). The molecule has 1 saturated heterocycles. The van der Waals surface area contributed by atoms with Crippen molar-refractivity contribution in [2.75, 3.05) is 24.2 Å². The van der Waals surface area contributed by atoms with Crippen molar-refractivity contribution in [1.82, 2.24) is 9.62 Å². The van der Waals surface area contributed by atoms with Gasteiger partial charge in [0.2, 0.25) is 21.8 Å². The molecule has 1 atom stereocenters. The van der Waals surface area contributed by atoms with Gasteiger partial charge in [-0.3, -0.25) is 14.5 Å². The average molecular weight is 430 g/mol. The fraction of sp³-hybridized carbons (Fsp3) is 0.364. The molecule has 0 aliphatic carbocycles. The van der Waals surface area contributed by atoms with E-state index in [9.17, 15) is 18.0 Å². The van der Waals surface area contributed by atoms with Gasteiger partial charge in [0.1, 0.15) is 5.54 Å². The van der Waals surface area contributed by atoms with Crippen molar-refractivity contribution in [3.63, 3.8) is 0 Å². The summed E-state index contributed by atoms with van der Waals surface area (Å²) in [5, 5.41) is 2.87. The second-order valence-corrected chi connectivity index (χ2v) is 9.70. The van der Waals surface area contributed by atoms with Crippen LogP contribution >= 0.6 is 0 Å². The van der Waals surface area contributed by atoms with E-state index in [1.54, 1.807) is 19.1 Å². The quantitative estimate of drug-likeness (QED) is 0.760. The fourth-order valence-electron chi connectivity index (χ4n) is 3.65. The van der Waals surface area contributed by atoms with E-state index in [4.69, 9.17) is 0 Å². The van der Waals surface area contributed by atoms with E-state index in [0.29, 0.717) is 5.69 Å². The number of benzene rings is 2. The summed E-state index contributed by atoms with van der Waals surface area (Å²) >= 11 is 0. The summed E-state index contributed by atoms with van der Waals surface area (Å²) in [5.41, 5.74) is 1.20. The van der Waals surface area contributed by atoms with Crippen molar-refractivity contribution in [3.05, 3.63) is 65.7 Å². The summed E-state index contributed by atoms with van der Waals surface area (Å²) in [4.78, 5) is 27.8. The Bertz CT molecular complexity index is 1020. The molecule has 30 heavy (non-hydrogen) atoms. The van der Waals surface area contributed by atoms with Crippen molar-refractivity contribution in [2.45, 2.75) is 32.4 Å². The zero-order valence-corrected chi connectivity index (χ0v) is 18.3. The van der Waals surface area contributed by atoms with Gasteiger partial charge in [-0.15, -0.1) is 0 Å². The largest absolute Gasteiger partial charge is 0.350 e. The van der Waals surface area contributed by atoms with Gasteiger partial charge >= 0.3 is 0 Å². The Labute approximate surface area is 177 Å². The maximum atomic E-state index is 13.3. The lowest BCUT2D eigenvalue weighted by atomic mass is 9.94. The standard InChI is InChI=1S/C22H27N3O4S/c1-4-17-10-12-19(13-11-17)25-20(26)15-24(30(3,28)29)16-22(25,2)21(27)23-14-18-8-6-5-7-9-18/h5-13H,4,14-16H2,1-3H3,(H,23,27)/t22-/m1/s1. The van der Waals surface area contributed by atoms with Gasteiger partial charge in [0.05, 0.1) is 12.8 Å². The van der Waals surface area contributed by atoms with Crippen molar-refractivity contribution in [3.8, 4) is 0 Å². The van der Waals surface area contributed by atoms with Crippen LogP contribution in [-0.4, -0.2) is 49.4 Å². The van der Waals surface area contributed by atoms with E-state index < -0.39 is 27.4 Å². The Morgan fingerprint density at radius 3 is 2.27 bits per heavy atom. The Morgan fingerprint density at radius 1 is 1.07 bits per heavy atom. The number of carbonyl (C=O) groups is 2. The minimum atomic E-state index is -3.64. The van der Waals surface area contributed by atoms with Crippen LogP contribution < -0.4 is 10.2 Å². The van der Waals surface area contributed by atoms with Crippen LogP contribution in [0.15, 0.2) is 54.6 Å². The Hall–Kier alpha value is -2.71. The number of hydrogen-bond acceptors (Lipinski definition) is 4. The zero-order valence-electron chi connectivity index (χ0n) is 17.5. The van der Waals surface area contributed by atoms with Crippen LogP contribution in [0.3, 0.4) is 0 Å². The number of anilines is 1. The molecular weight excluding hydrogens is 402 g/mol. The minimum absolute atomic E-state index is 0.117. The van der Waals surface area contributed by atoms with Crippen molar-refractivity contribution in [1.29, 1.82) is 0 Å². The highest BCUT2D eigenvalue weighted by Crippen LogP contribution is 2.31. The van der Waals surface area contributed by atoms with Crippen LogP contribution in [0.1, 0.15) is 25.0 Å². The first-order valence-electron chi connectivity index (χ1n) is 9.84. The molecule has 0 bridgehead atoms. The van der Waals surface area contributed by atoms with Crippen molar-refractivity contribution >= 4 is 27.5 Å². The van der Waals surface area contributed by atoms with Gasteiger partial charge < -0.3 is 5.32 Å². The van der Waals surface area contributed by atoms with E-state index in [1.807, 2.05) is 49.4 Å². The molecule has 1 aliphatic rings. The highest BCUT2D eigenvalue weighted by Gasteiger charge is 2.50. The highest BCUT2D eigenvalue weighted by molar-refractivity contribution is 7.88. The number of aryl methyl sites for hydroxylation is 1. The van der Waals surface area contributed by atoms with Crippen LogP contribution in [0.25, 0.3) is 0 Å². The molecule has 1 heterocycles. The summed E-state index contributed by atoms with van der Waals surface area (Å²) in [7, 11) is -3.64. The van der Waals surface area contributed by atoms with E-state index in [2.05, 4.69) is 5.32 Å². The normalized spacial score (nSPS) is 20.2. The van der Waals surface area contributed by atoms with Gasteiger partial charge in [-0.05, 0) is 36.6 Å². The molecule has 1 fully saturated rings. The van der Waals surface area contributed by atoms with Crippen molar-refractivity contribution < 1.29 is 18.0 Å². The fourth-order valence-corrected chi connectivity index (χ4v) is 4.48. The van der Waals surface area contributed by atoms with Crippen LogP contribution in [0, 0.1) is 0 Å². The molecule has 0 spiro atoms. The number of amides is 2. The second kappa shape index (κ2) is 8.57. The summed E-state index contributed by atoms with van der Waals surface area (Å²) in [6.45, 7) is 3.51. The van der Waals surface area contributed by atoms with Gasteiger partial charge in [0.15, 0.2) is 0 Å². The third-order valence-corrected chi connectivity index (χ3v) is 6.59. The summed E-state index contributed by atoms with van der Waals surface area (Å²) in [6.07, 6.45) is 1.90. The monoisotopic (exact) mass is 429 g/mol. The van der Waals surface area contributed by atoms with E-state index in [-0.39, 0.29) is 19.6 Å². The van der Waals surface area contributed by atoms with Crippen LogP contribution in [0.2, 0.25) is 0 Å². The molecule has 2 amide bonds. The summed E-state index contributed by atoms with van der Waals surface area (Å²) in [5.74, 6) is -0.846.